The van der Waals surface area contributed by atoms with Crippen LogP contribution in [0.25, 0.3) is 0 Å². The van der Waals surface area contributed by atoms with Crippen LogP contribution < -0.4 is 18.9 Å². The zero-order chi connectivity index (χ0) is 39.6. The van der Waals surface area contributed by atoms with Crippen LogP contribution in [0, 0.1) is 10.8 Å². The van der Waals surface area contributed by atoms with Crippen LogP contribution in [0.3, 0.4) is 0 Å². The van der Waals surface area contributed by atoms with Gasteiger partial charge in [-0.15, -0.1) is 13.2 Å². The van der Waals surface area contributed by atoms with Crippen LogP contribution in [0.4, 0.5) is 9.59 Å². The minimum Gasteiger partial charge on any atom is -0.870 e. The van der Waals surface area contributed by atoms with Gasteiger partial charge in [0, 0.05) is 39.0 Å². The third kappa shape index (κ3) is 17.3. The Kier molecular flexibility index (Phi) is 25.0. The summed E-state index contributed by atoms with van der Waals surface area (Å²) in [6.07, 6.45) is 1.84. The van der Waals surface area contributed by atoms with E-state index < -0.39 is 82.1 Å². The first-order valence-electron chi connectivity index (χ1n) is 15.9. The molecule has 0 spiro atoms. The van der Waals surface area contributed by atoms with Gasteiger partial charge in [0.05, 0.1) is 7.11 Å². The van der Waals surface area contributed by atoms with Crippen molar-refractivity contribution in [2.24, 2.45) is 10.8 Å². The van der Waals surface area contributed by atoms with Crippen molar-refractivity contribution >= 4 is 35.9 Å². The molecule has 0 fully saturated rings. The number of aliphatic carboxylic acids is 1. The number of nitrogens with zero attached hydrogens (tertiary/aromatic N) is 4. The van der Waals surface area contributed by atoms with Gasteiger partial charge in [-0.3, -0.25) is 19.4 Å². The maximum absolute atomic E-state index is 12.8. The van der Waals surface area contributed by atoms with Crippen molar-refractivity contribution in [1.29, 1.82) is 0 Å². The summed E-state index contributed by atoms with van der Waals surface area (Å²) in [5.74, 6) is -2.58. The second-order valence-electron chi connectivity index (χ2n) is 15.2. The zero-order valence-electron chi connectivity index (χ0n) is 34.7. The Morgan fingerprint density at radius 1 is 0.615 bits per heavy atom. The molecule has 0 saturated carbocycles. The smallest absolute Gasteiger partial charge is 0.870 e. The van der Waals surface area contributed by atoms with Crippen LogP contribution in [0.15, 0.2) is 25.3 Å². The Hall–Kier alpha value is -3.58. The Labute approximate surface area is 322 Å². The van der Waals surface area contributed by atoms with Gasteiger partial charge >= 0.3 is 43.0 Å². The predicted octanol–water partition coefficient (Wildman–Crippen LogP) is 0.822. The normalized spacial score (nSPS) is 13.4. The molecule has 0 aliphatic rings. The summed E-state index contributed by atoms with van der Waals surface area (Å²) < 4.78 is 15.3. The summed E-state index contributed by atoms with van der Waals surface area (Å²) in [6, 6.07) is -3.64. The first-order valence-corrected chi connectivity index (χ1v) is 15.9. The van der Waals surface area contributed by atoms with Crippen LogP contribution in [0.5, 0.6) is 0 Å². The average Bonchev–Trinajstić information content (AvgIpc) is 2.96. The number of esters is 1. The number of methoxy groups -OCH3 is 1. The van der Waals surface area contributed by atoms with E-state index in [0.717, 1.165) is 9.80 Å². The Morgan fingerprint density at radius 3 is 1.12 bits per heavy atom. The molecule has 52 heavy (non-hydrogen) atoms. The van der Waals surface area contributed by atoms with E-state index in [1.165, 1.54) is 58.1 Å². The van der Waals surface area contributed by atoms with Gasteiger partial charge in [-0.2, -0.15) is 0 Å². The predicted molar refractivity (Wildman–Crippen MR) is 193 cm³/mol. The molecule has 17 heteroatoms. The first-order chi connectivity index (χ1) is 21.8. The zero-order valence-corrected chi connectivity index (χ0v) is 34.7. The van der Waals surface area contributed by atoms with Crippen LogP contribution in [-0.2, 0) is 33.4 Å². The molecule has 0 aliphatic heterocycles. The van der Waals surface area contributed by atoms with Crippen LogP contribution in [0.1, 0.15) is 83.1 Å². The molecule has 0 aromatic carbocycles. The number of rotatable bonds is 12. The average molecular weight is 741 g/mol. The quantitative estimate of drug-likeness (QED) is 0.128. The number of amides is 4. The molecule has 0 saturated heterocycles. The van der Waals surface area contributed by atoms with Gasteiger partial charge in [0.2, 0.25) is 11.8 Å². The molecule has 0 bridgehead atoms. The first kappa shape index (κ1) is 57.7. The number of carboxylic acids is 1. The van der Waals surface area contributed by atoms with Gasteiger partial charge < -0.3 is 40.1 Å². The fourth-order valence-corrected chi connectivity index (χ4v) is 4.44. The number of likely N-dealkylation sites (N-methyl/N-ethyl adjacent to an activating group) is 4. The Bertz CT molecular complexity index is 1230. The fraction of sp³-hybridized carbons (Fsp3) is 0.714. The van der Waals surface area contributed by atoms with E-state index in [2.05, 4.69) is 13.2 Å². The summed E-state index contributed by atoms with van der Waals surface area (Å²) in [4.78, 5) is 78.3. The molecule has 16 nitrogen and oxygen atoms in total. The Balaban J connectivity index is -0.000000268. The van der Waals surface area contributed by atoms with E-state index in [1.54, 1.807) is 82.2 Å². The van der Waals surface area contributed by atoms with Gasteiger partial charge in [0.25, 0.3) is 0 Å². The molecule has 0 unspecified atom stereocenters. The number of hydrogen-bond donors (Lipinski definition) is 1. The molecule has 0 rings (SSSR count). The van der Waals surface area contributed by atoms with E-state index in [-0.39, 0.29) is 29.8 Å². The van der Waals surface area contributed by atoms with Crippen molar-refractivity contribution in [1.82, 2.24) is 19.6 Å². The van der Waals surface area contributed by atoms with E-state index in [1.807, 2.05) is 0 Å². The summed E-state index contributed by atoms with van der Waals surface area (Å²) >= 11 is 0. The molecule has 4 N–H and O–H groups in total. The largest absolute Gasteiger partial charge is 1.00 e. The summed E-state index contributed by atoms with van der Waals surface area (Å²) in [5.41, 5.74) is -2.89. The monoisotopic (exact) mass is 740 g/mol. The summed E-state index contributed by atoms with van der Waals surface area (Å²) in [5, 5.41) is 9.49. The topological polar surface area (TPSA) is 225 Å². The molecule has 0 radical (unpaired) electrons. The molecule has 0 heterocycles. The van der Waals surface area contributed by atoms with Crippen molar-refractivity contribution < 1.29 is 77.9 Å². The molecule has 0 aliphatic carbocycles. The number of ether oxygens (including phenoxy) is 3. The van der Waals surface area contributed by atoms with E-state index in [0.29, 0.717) is 0 Å². The van der Waals surface area contributed by atoms with Crippen LogP contribution >= 0.6 is 0 Å². The molecular weight excluding hydrogens is 675 g/mol. The second-order valence-corrected chi connectivity index (χ2v) is 15.2. The third-order valence-corrected chi connectivity index (χ3v) is 7.83. The maximum atomic E-state index is 12.8. The Morgan fingerprint density at radius 2 is 0.885 bits per heavy atom. The van der Waals surface area contributed by atoms with Crippen molar-refractivity contribution in [2.75, 3.05) is 35.3 Å². The van der Waals surface area contributed by atoms with Gasteiger partial charge in [-0.25, -0.2) is 19.2 Å². The standard InChI is InChI=1S/C18H32N2O5.C17H30N2O5.Li.2H2O/c1-11-18(6,7)13(15(22)24-10)20(9)14(21)12(2)19(8)16(23)25-17(3,4)5;1-10-17(6,7)12(14(21)22)19(9)13(20)11(2)18(8)15(23)24-16(3,4)5;;;/h11-13H,1H2,2-10H3;10-12H,1H2,2-9H3,(H,21,22);;2*1H2/q;;+1;;/p-1/t12-,13-;11-,12-;;;/m11.../s1. The molecule has 4 amide bonds. The molecule has 0 aromatic rings. The SMILES string of the molecule is C=CC(C)(C)[C@@H](C(=O)O)N(C)C(=O)[C@@H](C)N(C)C(=O)OC(C)(C)C.C=CC(C)(C)[C@@H](C(=O)OC)N(C)C(=O)[C@@H](C)N(C)C(=O)OC(C)(C)C.O.[Li+].[OH-]. The van der Waals surface area contributed by atoms with Crippen molar-refractivity contribution in [3.63, 3.8) is 0 Å². The fourth-order valence-electron chi connectivity index (χ4n) is 4.44. The summed E-state index contributed by atoms with van der Waals surface area (Å²) in [6.45, 7) is 27.8. The molecule has 0 aromatic heterocycles. The van der Waals surface area contributed by atoms with Gasteiger partial charge in [0.1, 0.15) is 35.4 Å². The van der Waals surface area contributed by atoms with E-state index in [9.17, 15) is 33.9 Å². The molecule has 4 atom stereocenters. The minimum atomic E-state index is -1.14. The second kappa shape index (κ2) is 22.5. The van der Waals surface area contributed by atoms with E-state index >= 15 is 0 Å². The maximum Gasteiger partial charge on any atom is 1.00 e. The number of hydrogen-bond acceptors (Lipinski definition) is 10. The van der Waals surface area contributed by atoms with Gasteiger partial charge in [-0.05, 0) is 55.4 Å². The summed E-state index contributed by atoms with van der Waals surface area (Å²) in [7, 11) is 7.11. The van der Waals surface area contributed by atoms with Crippen LogP contribution in [-0.4, -0.2) is 142 Å². The van der Waals surface area contributed by atoms with E-state index in [4.69, 9.17) is 14.2 Å². The van der Waals surface area contributed by atoms with Gasteiger partial charge in [0.15, 0.2) is 0 Å². The number of carbonyl (C=O) groups excluding carboxylic acids is 5. The number of carboxylic acid groups (broad SMARTS) is 1. The van der Waals surface area contributed by atoms with Gasteiger partial charge in [-0.1, -0.05) is 39.8 Å². The molecular formula is C35H65LiN4O12. The van der Waals surface area contributed by atoms with Crippen molar-refractivity contribution in [3.8, 4) is 0 Å². The van der Waals surface area contributed by atoms with Crippen molar-refractivity contribution in [3.05, 3.63) is 25.3 Å². The van der Waals surface area contributed by atoms with Crippen LogP contribution in [0.2, 0.25) is 0 Å². The molecule has 298 valence electrons. The third-order valence-electron chi connectivity index (χ3n) is 7.83. The minimum absolute atomic E-state index is 0. The number of carbonyl (C=O) groups is 6. The van der Waals surface area contributed by atoms with Crippen molar-refractivity contribution in [2.45, 2.75) is 118 Å².